The molecular formula is C15H17FN4O3. The first-order valence-electron chi connectivity index (χ1n) is 7.25. The molecule has 7 nitrogen and oxygen atoms in total. The maximum Gasteiger partial charge on any atom is 0.358 e. The molecule has 0 aliphatic heterocycles. The van der Waals surface area contributed by atoms with Gasteiger partial charge in [0.2, 0.25) is 0 Å². The molecule has 2 aromatic rings. The Morgan fingerprint density at radius 2 is 2.09 bits per heavy atom. The number of carboxylic acid groups (broad SMARTS) is 1. The maximum absolute atomic E-state index is 14.2. The van der Waals surface area contributed by atoms with Gasteiger partial charge in [-0.15, -0.1) is 5.10 Å². The predicted molar refractivity (Wildman–Crippen MR) is 80.3 cm³/mol. The van der Waals surface area contributed by atoms with Crippen LogP contribution in [0.5, 0.6) is 0 Å². The van der Waals surface area contributed by atoms with Crippen molar-refractivity contribution in [1.82, 2.24) is 20.3 Å². The first-order valence-corrected chi connectivity index (χ1v) is 7.25. The molecule has 0 aliphatic rings. The van der Waals surface area contributed by atoms with E-state index in [0.717, 1.165) is 6.07 Å². The molecule has 2 rings (SSSR count). The van der Waals surface area contributed by atoms with Crippen LogP contribution in [0.1, 0.15) is 46.8 Å². The van der Waals surface area contributed by atoms with Crippen LogP contribution < -0.4 is 5.32 Å². The van der Waals surface area contributed by atoms with Gasteiger partial charge in [-0.3, -0.25) is 4.79 Å². The smallest absolute Gasteiger partial charge is 0.358 e. The van der Waals surface area contributed by atoms with Crippen molar-refractivity contribution >= 4 is 11.9 Å². The Bertz CT molecular complexity index is 742. The standard InChI is InChI=1S/C15H17FN4O3/c1-3-5-12-13(15(22)23)18-19-20(12)9-6-7-10(11(16)8-9)14(21)17-4-2/h6-8H,3-5H2,1-2H3,(H,17,21)(H,22,23). The Balaban J connectivity index is 2.45. The second-order valence-electron chi connectivity index (χ2n) is 4.88. The van der Waals surface area contributed by atoms with E-state index in [4.69, 9.17) is 5.11 Å². The zero-order valence-electron chi connectivity index (χ0n) is 12.8. The zero-order valence-corrected chi connectivity index (χ0v) is 12.8. The number of nitrogens with zero attached hydrogens (tertiary/aromatic N) is 3. The third kappa shape index (κ3) is 3.36. The number of benzene rings is 1. The number of amides is 1. The summed E-state index contributed by atoms with van der Waals surface area (Å²) in [5.74, 6) is -2.39. The summed E-state index contributed by atoms with van der Waals surface area (Å²) in [6, 6.07) is 3.99. The Labute approximate surface area is 132 Å². The van der Waals surface area contributed by atoms with Crippen LogP contribution in [-0.2, 0) is 6.42 Å². The van der Waals surface area contributed by atoms with E-state index < -0.39 is 17.7 Å². The van der Waals surface area contributed by atoms with E-state index in [1.165, 1.54) is 16.8 Å². The van der Waals surface area contributed by atoms with Crippen LogP contribution in [0, 0.1) is 5.82 Å². The molecule has 0 saturated carbocycles. The van der Waals surface area contributed by atoms with E-state index in [1.54, 1.807) is 6.92 Å². The van der Waals surface area contributed by atoms with Crippen molar-refractivity contribution in [1.29, 1.82) is 0 Å². The van der Waals surface area contributed by atoms with E-state index >= 15 is 0 Å². The lowest BCUT2D eigenvalue weighted by Crippen LogP contribution is -2.23. The number of aromatic nitrogens is 3. The number of hydrogen-bond acceptors (Lipinski definition) is 4. The quantitative estimate of drug-likeness (QED) is 0.846. The molecule has 0 fully saturated rings. The molecule has 0 spiro atoms. The van der Waals surface area contributed by atoms with Gasteiger partial charge in [0.1, 0.15) is 5.82 Å². The minimum atomic E-state index is -1.18. The minimum absolute atomic E-state index is 0.0776. The highest BCUT2D eigenvalue weighted by atomic mass is 19.1. The van der Waals surface area contributed by atoms with Gasteiger partial charge in [0, 0.05) is 12.6 Å². The van der Waals surface area contributed by atoms with Crippen molar-refractivity contribution < 1.29 is 19.1 Å². The third-order valence-electron chi connectivity index (χ3n) is 3.23. The van der Waals surface area contributed by atoms with Crippen LogP contribution in [0.3, 0.4) is 0 Å². The molecule has 1 heterocycles. The lowest BCUT2D eigenvalue weighted by molar-refractivity contribution is 0.0688. The van der Waals surface area contributed by atoms with E-state index in [-0.39, 0.29) is 11.3 Å². The number of nitrogens with one attached hydrogen (secondary N) is 1. The summed E-state index contributed by atoms with van der Waals surface area (Å²) in [7, 11) is 0. The number of rotatable bonds is 6. The van der Waals surface area contributed by atoms with Gasteiger partial charge in [-0.2, -0.15) is 0 Å². The van der Waals surface area contributed by atoms with Crippen molar-refractivity contribution in [2.24, 2.45) is 0 Å². The van der Waals surface area contributed by atoms with Crippen molar-refractivity contribution in [2.75, 3.05) is 6.54 Å². The second kappa shape index (κ2) is 6.99. The molecule has 0 radical (unpaired) electrons. The van der Waals surface area contributed by atoms with Gasteiger partial charge >= 0.3 is 5.97 Å². The Morgan fingerprint density at radius 1 is 1.35 bits per heavy atom. The zero-order chi connectivity index (χ0) is 17.0. The van der Waals surface area contributed by atoms with Gasteiger partial charge < -0.3 is 10.4 Å². The van der Waals surface area contributed by atoms with Crippen LogP contribution >= 0.6 is 0 Å². The molecule has 8 heteroatoms. The fourth-order valence-corrected chi connectivity index (χ4v) is 2.21. The number of aromatic carboxylic acids is 1. The maximum atomic E-state index is 14.2. The molecule has 1 aromatic heterocycles. The van der Waals surface area contributed by atoms with E-state index in [1.807, 2.05) is 6.92 Å². The summed E-state index contributed by atoms with van der Waals surface area (Å²) in [4.78, 5) is 22.9. The van der Waals surface area contributed by atoms with E-state index in [0.29, 0.717) is 30.8 Å². The second-order valence-corrected chi connectivity index (χ2v) is 4.88. The van der Waals surface area contributed by atoms with Crippen molar-refractivity contribution in [3.8, 4) is 5.69 Å². The Kier molecular flexibility index (Phi) is 5.05. The molecule has 1 aromatic carbocycles. The molecular weight excluding hydrogens is 303 g/mol. The SMILES string of the molecule is CCCc1c(C(=O)O)nnn1-c1ccc(C(=O)NCC)c(F)c1. The lowest BCUT2D eigenvalue weighted by Gasteiger charge is -2.08. The number of carboxylic acids is 1. The lowest BCUT2D eigenvalue weighted by atomic mass is 10.1. The number of carbonyl (C=O) groups is 2. The topological polar surface area (TPSA) is 97.1 Å². The van der Waals surface area contributed by atoms with Gasteiger partial charge in [-0.1, -0.05) is 18.6 Å². The van der Waals surface area contributed by atoms with Gasteiger partial charge in [0.15, 0.2) is 5.69 Å². The summed E-state index contributed by atoms with van der Waals surface area (Å²) >= 11 is 0. The summed E-state index contributed by atoms with van der Waals surface area (Å²) in [5.41, 5.74) is 0.482. The molecule has 1 amide bonds. The average Bonchev–Trinajstić information content (AvgIpc) is 2.91. The Morgan fingerprint density at radius 3 is 2.65 bits per heavy atom. The molecule has 0 saturated heterocycles. The monoisotopic (exact) mass is 320 g/mol. The predicted octanol–water partition coefficient (Wildman–Crippen LogP) is 1.81. The van der Waals surface area contributed by atoms with Crippen LogP contribution in [0.4, 0.5) is 4.39 Å². The first kappa shape index (κ1) is 16.6. The molecule has 23 heavy (non-hydrogen) atoms. The van der Waals surface area contributed by atoms with Gasteiger partial charge in [0.05, 0.1) is 16.9 Å². The van der Waals surface area contributed by atoms with Crippen LogP contribution in [0.15, 0.2) is 18.2 Å². The minimum Gasteiger partial charge on any atom is -0.476 e. The largest absolute Gasteiger partial charge is 0.476 e. The highest BCUT2D eigenvalue weighted by Gasteiger charge is 2.20. The average molecular weight is 320 g/mol. The fraction of sp³-hybridized carbons (Fsp3) is 0.333. The molecule has 122 valence electrons. The molecule has 0 atom stereocenters. The summed E-state index contributed by atoms with van der Waals surface area (Å²) < 4.78 is 15.4. The first-order chi connectivity index (χ1) is 11.0. The summed E-state index contributed by atoms with van der Waals surface area (Å²) in [6.45, 7) is 4.03. The van der Waals surface area contributed by atoms with Crippen molar-refractivity contribution in [3.63, 3.8) is 0 Å². The molecule has 0 aliphatic carbocycles. The van der Waals surface area contributed by atoms with Crippen LogP contribution in [-0.4, -0.2) is 38.5 Å². The normalized spacial score (nSPS) is 10.6. The van der Waals surface area contributed by atoms with Crippen molar-refractivity contribution in [3.05, 3.63) is 41.0 Å². The molecule has 2 N–H and O–H groups in total. The summed E-state index contributed by atoms with van der Waals surface area (Å²) in [6.07, 6.45) is 1.13. The fourth-order valence-electron chi connectivity index (χ4n) is 2.21. The van der Waals surface area contributed by atoms with E-state index in [2.05, 4.69) is 15.6 Å². The molecule has 0 bridgehead atoms. The molecule has 0 unspecified atom stereocenters. The third-order valence-corrected chi connectivity index (χ3v) is 3.23. The van der Waals surface area contributed by atoms with Gasteiger partial charge in [-0.25, -0.2) is 13.9 Å². The Hall–Kier alpha value is -2.77. The summed E-state index contributed by atoms with van der Waals surface area (Å²) in [5, 5.41) is 19.1. The number of halogens is 1. The number of carbonyl (C=O) groups excluding carboxylic acids is 1. The highest BCUT2D eigenvalue weighted by Crippen LogP contribution is 2.18. The van der Waals surface area contributed by atoms with Gasteiger partial charge in [0.25, 0.3) is 5.91 Å². The van der Waals surface area contributed by atoms with Crippen molar-refractivity contribution in [2.45, 2.75) is 26.7 Å². The van der Waals surface area contributed by atoms with Crippen LogP contribution in [0.25, 0.3) is 5.69 Å². The number of hydrogen-bond donors (Lipinski definition) is 2. The van der Waals surface area contributed by atoms with Gasteiger partial charge in [-0.05, 0) is 25.5 Å². The van der Waals surface area contributed by atoms with E-state index in [9.17, 15) is 14.0 Å². The highest BCUT2D eigenvalue weighted by molar-refractivity contribution is 5.94. The van der Waals surface area contributed by atoms with Crippen LogP contribution in [0.2, 0.25) is 0 Å².